The molecule has 0 saturated carbocycles. The Labute approximate surface area is 117 Å². The highest BCUT2D eigenvalue weighted by Gasteiger charge is 2.25. The number of carboxylic acids is 1. The van der Waals surface area contributed by atoms with E-state index in [1.807, 2.05) is 6.92 Å². The average Bonchev–Trinajstić information content (AvgIpc) is 2.89. The molecule has 0 bridgehead atoms. The minimum Gasteiger partial charge on any atom is -0.475 e. The summed E-state index contributed by atoms with van der Waals surface area (Å²) in [6.45, 7) is 2.86. The molecule has 0 fully saturated rings. The molecule has 1 aromatic heterocycles. The lowest BCUT2D eigenvalue weighted by molar-refractivity contribution is 0.0659. The summed E-state index contributed by atoms with van der Waals surface area (Å²) in [5.41, 5.74) is 2.84. The third kappa shape index (κ3) is 2.34. The zero-order chi connectivity index (χ0) is 14.1. The standard InChI is InChI=1S/C16H17NO3/c1-10(14-6-7-15(20-14)16(18)19)17-9-12-8-11-4-2-3-5-13(11)12/h2-7,10,12,17H,8-9H2,1H3,(H,18,19). The van der Waals surface area contributed by atoms with Crippen LogP contribution in [0.1, 0.15) is 46.3 Å². The Bertz CT molecular complexity index is 632. The second-order valence-corrected chi connectivity index (χ2v) is 5.24. The normalized spacial score (nSPS) is 18.1. The van der Waals surface area contributed by atoms with E-state index in [9.17, 15) is 4.79 Å². The molecule has 1 aromatic carbocycles. The van der Waals surface area contributed by atoms with Gasteiger partial charge in [-0.15, -0.1) is 0 Å². The lowest BCUT2D eigenvalue weighted by atomic mass is 9.77. The van der Waals surface area contributed by atoms with Gasteiger partial charge in [0.05, 0.1) is 6.04 Å². The number of hydrogen-bond donors (Lipinski definition) is 2. The highest BCUT2D eigenvalue weighted by atomic mass is 16.4. The molecule has 0 radical (unpaired) electrons. The van der Waals surface area contributed by atoms with Crippen LogP contribution >= 0.6 is 0 Å². The van der Waals surface area contributed by atoms with Gasteiger partial charge in [-0.05, 0) is 36.6 Å². The predicted molar refractivity (Wildman–Crippen MR) is 75.0 cm³/mol. The van der Waals surface area contributed by atoms with E-state index in [0.717, 1.165) is 13.0 Å². The molecular formula is C16H17NO3. The number of benzene rings is 1. The van der Waals surface area contributed by atoms with Gasteiger partial charge in [0.1, 0.15) is 5.76 Å². The first kappa shape index (κ1) is 12.9. The van der Waals surface area contributed by atoms with Crippen molar-refractivity contribution in [2.75, 3.05) is 6.54 Å². The van der Waals surface area contributed by atoms with E-state index < -0.39 is 5.97 Å². The Balaban J connectivity index is 1.58. The SMILES string of the molecule is CC(NCC1Cc2ccccc21)c1ccc(C(=O)O)o1. The molecule has 104 valence electrons. The Kier molecular flexibility index (Phi) is 3.32. The van der Waals surface area contributed by atoms with Crippen molar-refractivity contribution in [3.63, 3.8) is 0 Å². The van der Waals surface area contributed by atoms with Gasteiger partial charge in [0.2, 0.25) is 5.76 Å². The Morgan fingerprint density at radius 2 is 2.20 bits per heavy atom. The fourth-order valence-corrected chi connectivity index (χ4v) is 2.66. The largest absolute Gasteiger partial charge is 0.475 e. The van der Waals surface area contributed by atoms with Crippen LogP contribution in [0.4, 0.5) is 0 Å². The molecule has 1 aliphatic carbocycles. The number of nitrogens with one attached hydrogen (secondary N) is 1. The molecule has 0 aliphatic heterocycles. The van der Waals surface area contributed by atoms with Crippen LogP contribution in [0, 0.1) is 0 Å². The van der Waals surface area contributed by atoms with E-state index in [2.05, 4.69) is 29.6 Å². The summed E-state index contributed by atoms with van der Waals surface area (Å²) >= 11 is 0. The average molecular weight is 271 g/mol. The number of rotatable bonds is 5. The van der Waals surface area contributed by atoms with Crippen molar-refractivity contribution < 1.29 is 14.3 Å². The summed E-state index contributed by atoms with van der Waals surface area (Å²) < 4.78 is 5.30. The third-order valence-electron chi connectivity index (χ3n) is 3.90. The van der Waals surface area contributed by atoms with Crippen molar-refractivity contribution in [1.29, 1.82) is 0 Å². The Morgan fingerprint density at radius 3 is 2.90 bits per heavy atom. The van der Waals surface area contributed by atoms with Crippen LogP contribution < -0.4 is 5.32 Å². The van der Waals surface area contributed by atoms with Crippen LogP contribution in [-0.4, -0.2) is 17.6 Å². The summed E-state index contributed by atoms with van der Waals surface area (Å²) in [7, 11) is 0. The van der Waals surface area contributed by atoms with Gasteiger partial charge in [-0.1, -0.05) is 24.3 Å². The molecule has 4 heteroatoms. The molecule has 2 unspecified atom stereocenters. The summed E-state index contributed by atoms with van der Waals surface area (Å²) in [5.74, 6) is 0.163. The van der Waals surface area contributed by atoms with Crippen LogP contribution in [0.2, 0.25) is 0 Å². The van der Waals surface area contributed by atoms with Gasteiger partial charge in [-0.25, -0.2) is 4.79 Å². The van der Waals surface area contributed by atoms with Gasteiger partial charge in [0.25, 0.3) is 0 Å². The topological polar surface area (TPSA) is 62.5 Å². The number of fused-ring (bicyclic) bond motifs is 1. The molecule has 2 N–H and O–H groups in total. The lowest BCUT2D eigenvalue weighted by Gasteiger charge is -2.31. The summed E-state index contributed by atoms with van der Waals surface area (Å²) in [6, 6.07) is 11.7. The Morgan fingerprint density at radius 1 is 1.40 bits per heavy atom. The van der Waals surface area contributed by atoms with Gasteiger partial charge in [0, 0.05) is 12.5 Å². The zero-order valence-corrected chi connectivity index (χ0v) is 11.3. The van der Waals surface area contributed by atoms with E-state index in [4.69, 9.17) is 9.52 Å². The third-order valence-corrected chi connectivity index (χ3v) is 3.90. The number of carboxylic acid groups (broad SMARTS) is 1. The van der Waals surface area contributed by atoms with E-state index in [0.29, 0.717) is 11.7 Å². The molecule has 0 saturated heterocycles. The molecule has 2 aromatic rings. The van der Waals surface area contributed by atoms with Crippen LogP contribution in [0.25, 0.3) is 0 Å². The first-order valence-electron chi connectivity index (χ1n) is 6.79. The highest BCUT2D eigenvalue weighted by Crippen LogP contribution is 2.34. The van der Waals surface area contributed by atoms with Crippen LogP contribution in [0.15, 0.2) is 40.8 Å². The highest BCUT2D eigenvalue weighted by molar-refractivity contribution is 5.84. The predicted octanol–water partition coefficient (Wildman–Crippen LogP) is 2.97. The van der Waals surface area contributed by atoms with E-state index in [1.54, 1.807) is 6.07 Å². The summed E-state index contributed by atoms with van der Waals surface area (Å²) in [5, 5.41) is 12.2. The van der Waals surface area contributed by atoms with Gasteiger partial charge in [-0.2, -0.15) is 0 Å². The molecule has 2 atom stereocenters. The molecule has 0 spiro atoms. The van der Waals surface area contributed by atoms with Crippen LogP contribution in [-0.2, 0) is 6.42 Å². The van der Waals surface area contributed by atoms with Crippen molar-refractivity contribution in [2.45, 2.75) is 25.3 Å². The molecule has 20 heavy (non-hydrogen) atoms. The van der Waals surface area contributed by atoms with Gasteiger partial charge in [0.15, 0.2) is 0 Å². The number of carbonyl (C=O) groups is 1. The smallest absolute Gasteiger partial charge is 0.371 e. The second-order valence-electron chi connectivity index (χ2n) is 5.24. The van der Waals surface area contributed by atoms with Crippen molar-refractivity contribution in [2.24, 2.45) is 0 Å². The minimum atomic E-state index is -1.03. The van der Waals surface area contributed by atoms with Crippen LogP contribution in [0.5, 0.6) is 0 Å². The van der Waals surface area contributed by atoms with Gasteiger partial charge >= 0.3 is 5.97 Å². The fourth-order valence-electron chi connectivity index (χ4n) is 2.66. The summed E-state index contributed by atoms with van der Waals surface area (Å²) in [6.07, 6.45) is 1.11. The zero-order valence-electron chi connectivity index (χ0n) is 11.3. The first-order chi connectivity index (χ1) is 9.65. The molecule has 1 aliphatic rings. The summed E-state index contributed by atoms with van der Waals surface area (Å²) in [4.78, 5) is 10.8. The maximum absolute atomic E-state index is 10.8. The van der Waals surface area contributed by atoms with Crippen molar-refractivity contribution in [3.8, 4) is 0 Å². The molecule has 4 nitrogen and oxygen atoms in total. The van der Waals surface area contributed by atoms with Crippen molar-refractivity contribution in [3.05, 3.63) is 59.0 Å². The number of aromatic carboxylic acids is 1. The number of hydrogen-bond acceptors (Lipinski definition) is 3. The number of furan rings is 1. The Hall–Kier alpha value is -2.07. The quantitative estimate of drug-likeness (QED) is 0.877. The second kappa shape index (κ2) is 5.13. The van der Waals surface area contributed by atoms with E-state index in [-0.39, 0.29) is 11.8 Å². The van der Waals surface area contributed by atoms with E-state index >= 15 is 0 Å². The first-order valence-corrected chi connectivity index (χ1v) is 6.79. The van der Waals surface area contributed by atoms with Crippen LogP contribution in [0.3, 0.4) is 0 Å². The van der Waals surface area contributed by atoms with Gasteiger partial charge < -0.3 is 14.8 Å². The minimum absolute atomic E-state index is 0.0101. The maximum atomic E-state index is 10.8. The maximum Gasteiger partial charge on any atom is 0.371 e. The van der Waals surface area contributed by atoms with E-state index in [1.165, 1.54) is 17.2 Å². The molecular weight excluding hydrogens is 254 g/mol. The lowest BCUT2D eigenvalue weighted by Crippen LogP contribution is -2.30. The fraction of sp³-hybridized carbons (Fsp3) is 0.312. The molecule has 1 heterocycles. The van der Waals surface area contributed by atoms with Crippen molar-refractivity contribution >= 4 is 5.97 Å². The van der Waals surface area contributed by atoms with Crippen molar-refractivity contribution in [1.82, 2.24) is 5.32 Å². The van der Waals surface area contributed by atoms with Gasteiger partial charge in [-0.3, -0.25) is 0 Å². The monoisotopic (exact) mass is 271 g/mol. The molecule has 0 amide bonds. The molecule has 3 rings (SSSR count).